The first-order valence-corrected chi connectivity index (χ1v) is 9.43. The zero-order valence-corrected chi connectivity index (χ0v) is 15.8. The summed E-state index contributed by atoms with van der Waals surface area (Å²) in [4.78, 5) is 25.3. The molecule has 7 nitrogen and oxygen atoms in total. The Bertz CT molecular complexity index is 1270. The lowest BCUT2D eigenvalue weighted by atomic mass is 10.0. The lowest BCUT2D eigenvalue weighted by Crippen LogP contribution is -2.32. The highest BCUT2D eigenvalue weighted by molar-refractivity contribution is 5.96. The fourth-order valence-electron chi connectivity index (χ4n) is 3.47. The molecule has 2 aromatic heterocycles. The van der Waals surface area contributed by atoms with Crippen molar-refractivity contribution in [3.63, 3.8) is 0 Å². The first kappa shape index (κ1) is 18.1. The van der Waals surface area contributed by atoms with E-state index in [2.05, 4.69) is 5.32 Å². The Kier molecular flexibility index (Phi) is 4.48. The van der Waals surface area contributed by atoms with Crippen LogP contribution in [0.25, 0.3) is 11.0 Å². The molecule has 0 spiro atoms. The molecule has 1 atom stereocenters. The molecular formula is C23H17NO6. The topological polar surface area (TPSA) is 90.9 Å². The van der Waals surface area contributed by atoms with E-state index in [0.717, 1.165) is 5.56 Å². The van der Waals surface area contributed by atoms with Gasteiger partial charge >= 0.3 is 5.63 Å². The fourth-order valence-corrected chi connectivity index (χ4v) is 3.47. The third-order valence-electron chi connectivity index (χ3n) is 4.95. The number of ether oxygens (including phenoxy) is 2. The molecule has 1 aliphatic heterocycles. The Hall–Kier alpha value is -4.00. The Balaban J connectivity index is 1.44. The normalized spacial score (nSPS) is 13.3. The van der Waals surface area contributed by atoms with Crippen molar-refractivity contribution in [1.29, 1.82) is 0 Å². The second-order valence-electron chi connectivity index (χ2n) is 6.92. The number of rotatable bonds is 5. The largest absolute Gasteiger partial charge is 0.467 e. The number of fused-ring (bicyclic) bond motifs is 2. The highest BCUT2D eigenvalue weighted by Crippen LogP contribution is 2.33. The minimum atomic E-state index is -0.688. The SMILES string of the molecule is O=C(NC(Cc1ccc2c(c1)OCO2)c1ccco1)c1cc2ccccc2oc1=O. The average Bonchev–Trinajstić information content (AvgIpc) is 3.44. The van der Waals surface area contributed by atoms with Crippen LogP contribution in [-0.4, -0.2) is 12.7 Å². The summed E-state index contributed by atoms with van der Waals surface area (Å²) in [5, 5.41) is 3.57. The van der Waals surface area contributed by atoms with Crippen LogP contribution in [0.2, 0.25) is 0 Å². The van der Waals surface area contributed by atoms with E-state index >= 15 is 0 Å². The van der Waals surface area contributed by atoms with Gasteiger partial charge in [-0.2, -0.15) is 0 Å². The molecule has 0 fully saturated rings. The van der Waals surface area contributed by atoms with Gasteiger partial charge in [-0.3, -0.25) is 4.79 Å². The van der Waals surface area contributed by atoms with Crippen molar-refractivity contribution in [2.45, 2.75) is 12.5 Å². The van der Waals surface area contributed by atoms with E-state index in [1.807, 2.05) is 24.3 Å². The van der Waals surface area contributed by atoms with Crippen molar-refractivity contribution in [1.82, 2.24) is 5.32 Å². The number of nitrogens with one attached hydrogen (secondary N) is 1. The second kappa shape index (κ2) is 7.44. The fraction of sp³-hybridized carbons (Fsp3) is 0.130. The highest BCUT2D eigenvalue weighted by Gasteiger charge is 2.23. The van der Waals surface area contributed by atoms with Crippen LogP contribution in [0.1, 0.15) is 27.7 Å². The minimum absolute atomic E-state index is 0.0593. The van der Waals surface area contributed by atoms with E-state index in [9.17, 15) is 9.59 Å². The van der Waals surface area contributed by atoms with E-state index < -0.39 is 17.6 Å². The number of amides is 1. The average molecular weight is 403 g/mol. The van der Waals surface area contributed by atoms with Crippen molar-refractivity contribution in [3.8, 4) is 11.5 Å². The molecule has 30 heavy (non-hydrogen) atoms. The molecule has 0 radical (unpaired) electrons. The van der Waals surface area contributed by atoms with Crippen molar-refractivity contribution >= 4 is 16.9 Å². The second-order valence-corrected chi connectivity index (χ2v) is 6.92. The molecule has 1 unspecified atom stereocenters. The van der Waals surface area contributed by atoms with Crippen molar-refractivity contribution in [3.05, 3.63) is 94.2 Å². The Morgan fingerprint density at radius 1 is 1.00 bits per heavy atom. The third kappa shape index (κ3) is 3.41. The molecule has 1 amide bonds. The number of carbonyl (C=O) groups excluding carboxylic acids is 1. The molecule has 7 heteroatoms. The van der Waals surface area contributed by atoms with Crippen LogP contribution in [0.15, 0.2) is 80.6 Å². The third-order valence-corrected chi connectivity index (χ3v) is 4.95. The molecule has 0 bridgehead atoms. The molecular weight excluding hydrogens is 386 g/mol. The number of furan rings is 1. The van der Waals surface area contributed by atoms with E-state index in [0.29, 0.717) is 34.6 Å². The number of benzene rings is 2. The maximum atomic E-state index is 12.9. The molecule has 150 valence electrons. The van der Waals surface area contributed by atoms with Gasteiger partial charge in [-0.15, -0.1) is 0 Å². The van der Waals surface area contributed by atoms with Crippen LogP contribution < -0.4 is 20.4 Å². The van der Waals surface area contributed by atoms with Crippen molar-refractivity contribution < 1.29 is 23.1 Å². The minimum Gasteiger partial charge on any atom is -0.467 e. The molecule has 3 heterocycles. The molecule has 1 N–H and O–H groups in total. The predicted molar refractivity (Wildman–Crippen MR) is 108 cm³/mol. The van der Waals surface area contributed by atoms with Gasteiger partial charge in [0.05, 0.1) is 12.3 Å². The quantitative estimate of drug-likeness (QED) is 0.510. The summed E-state index contributed by atoms with van der Waals surface area (Å²) < 4.78 is 21.6. The maximum Gasteiger partial charge on any atom is 0.349 e. The first-order chi connectivity index (χ1) is 14.7. The van der Waals surface area contributed by atoms with Gasteiger partial charge in [0.15, 0.2) is 11.5 Å². The van der Waals surface area contributed by atoms with Gasteiger partial charge in [0.2, 0.25) is 6.79 Å². The van der Waals surface area contributed by atoms with Gasteiger partial charge in [0.1, 0.15) is 16.9 Å². The van der Waals surface area contributed by atoms with Gasteiger partial charge in [0.25, 0.3) is 5.91 Å². The van der Waals surface area contributed by atoms with Crippen LogP contribution in [0.3, 0.4) is 0 Å². The summed E-state index contributed by atoms with van der Waals surface area (Å²) in [5.74, 6) is 1.39. The van der Waals surface area contributed by atoms with Crippen LogP contribution in [0.4, 0.5) is 0 Å². The van der Waals surface area contributed by atoms with Crippen molar-refractivity contribution in [2.24, 2.45) is 0 Å². The van der Waals surface area contributed by atoms with E-state index in [1.54, 1.807) is 36.6 Å². The van der Waals surface area contributed by atoms with Gasteiger partial charge in [-0.1, -0.05) is 24.3 Å². The van der Waals surface area contributed by atoms with Crippen LogP contribution in [0, 0.1) is 0 Å². The smallest absolute Gasteiger partial charge is 0.349 e. The van der Waals surface area contributed by atoms with E-state index in [4.69, 9.17) is 18.3 Å². The summed E-state index contributed by atoms with van der Waals surface area (Å²) in [6.45, 7) is 0.189. The lowest BCUT2D eigenvalue weighted by molar-refractivity contribution is 0.0928. The Labute approximate surface area is 170 Å². The molecule has 0 saturated heterocycles. The summed E-state index contributed by atoms with van der Waals surface area (Å²) in [7, 11) is 0. The van der Waals surface area contributed by atoms with Crippen LogP contribution >= 0.6 is 0 Å². The zero-order chi connectivity index (χ0) is 20.5. The molecule has 0 saturated carbocycles. The Morgan fingerprint density at radius 2 is 1.87 bits per heavy atom. The van der Waals surface area contributed by atoms with Gasteiger partial charge in [-0.05, 0) is 42.0 Å². The van der Waals surface area contributed by atoms with Gasteiger partial charge < -0.3 is 23.6 Å². The van der Waals surface area contributed by atoms with Gasteiger partial charge in [0, 0.05) is 11.8 Å². The summed E-state index contributed by atoms with van der Waals surface area (Å²) in [5.41, 5.74) is 0.608. The summed E-state index contributed by atoms with van der Waals surface area (Å²) >= 11 is 0. The standard InChI is InChI=1S/C23H17NO6/c25-22(16-12-15-4-1-2-5-18(15)30-23(16)26)24-17(19-6-3-9-27-19)10-14-7-8-20-21(11-14)29-13-28-20/h1-9,11-12,17H,10,13H2,(H,24,25). The monoisotopic (exact) mass is 403 g/mol. The molecule has 4 aromatic rings. The number of carbonyl (C=O) groups is 1. The molecule has 2 aromatic carbocycles. The predicted octanol–water partition coefficient (Wildman–Crippen LogP) is 3.83. The van der Waals surface area contributed by atoms with Gasteiger partial charge in [-0.25, -0.2) is 4.79 Å². The maximum absolute atomic E-state index is 12.9. The van der Waals surface area contributed by atoms with E-state index in [-0.39, 0.29) is 12.4 Å². The number of hydrogen-bond donors (Lipinski definition) is 1. The number of para-hydroxylation sites is 1. The van der Waals surface area contributed by atoms with Crippen LogP contribution in [-0.2, 0) is 6.42 Å². The Morgan fingerprint density at radius 3 is 2.73 bits per heavy atom. The number of hydrogen-bond acceptors (Lipinski definition) is 6. The molecule has 5 rings (SSSR count). The molecule has 1 aliphatic rings. The van der Waals surface area contributed by atoms with E-state index in [1.165, 1.54) is 6.07 Å². The van der Waals surface area contributed by atoms with Crippen molar-refractivity contribution in [2.75, 3.05) is 6.79 Å². The molecule has 0 aliphatic carbocycles. The zero-order valence-electron chi connectivity index (χ0n) is 15.8. The first-order valence-electron chi connectivity index (χ1n) is 9.43. The summed E-state index contributed by atoms with van der Waals surface area (Å²) in [6.07, 6.45) is 1.98. The highest BCUT2D eigenvalue weighted by atomic mass is 16.7. The lowest BCUT2D eigenvalue weighted by Gasteiger charge is -2.17. The van der Waals surface area contributed by atoms with Crippen LogP contribution in [0.5, 0.6) is 11.5 Å². The summed E-state index contributed by atoms with van der Waals surface area (Å²) in [6, 6.07) is 17.2.